The van der Waals surface area contributed by atoms with Gasteiger partial charge in [-0.15, -0.1) is 0 Å². The summed E-state index contributed by atoms with van der Waals surface area (Å²) in [5.74, 6) is 0.654. The lowest BCUT2D eigenvalue weighted by Gasteiger charge is -2.28. The second-order valence-corrected chi connectivity index (χ2v) is 5.83. The first-order valence-electron chi connectivity index (χ1n) is 7.23. The van der Waals surface area contributed by atoms with E-state index in [0.717, 1.165) is 30.6 Å². The molecule has 4 N–H and O–H groups in total. The van der Waals surface area contributed by atoms with E-state index in [1.807, 2.05) is 12.1 Å². The van der Waals surface area contributed by atoms with Crippen LogP contribution in [0, 0.1) is 19.8 Å². The Balaban J connectivity index is 1.93. The van der Waals surface area contributed by atoms with Crippen LogP contribution in [0.2, 0.25) is 0 Å². The number of rotatable bonds is 5. The first-order chi connectivity index (χ1) is 9.45. The zero-order valence-corrected chi connectivity index (χ0v) is 12.3. The van der Waals surface area contributed by atoms with Crippen LogP contribution < -0.4 is 16.2 Å². The monoisotopic (exact) mass is 276 g/mol. The molecule has 0 saturated heterocycles. The zero-order valence-electron chi connectivity index (χ0n) is 12.3. The van der Waals surface area contributed by atoms with Crippen LogP contribution in [0.5, 0.6) is 5.75 Å². The molecule has 0 radical (unpaired) electrons. The molecule has 4 heteroatoms. The quantitative estimate of drug-likeness (QED) is 0.864. The van der Waals surface area contributed by atoms with Crippen molar-refractivity contribution < 1.29 is 9.53 Å². The molecule has 1 amide bonds. The third kappa shape index (κ3) is 2.80. The van der Waals surface area contributed by atoms with Crippen molar-refractivity contribution in [1.29, 1.82) is 0 Å². The van der Waals surface area contributed by atoms with E-state index in [1.54, 1.807) is 0 Å². The number of nitrogens with two attached hydrogens (primary N) is 2. The number of amides is 1. The Morgan fingerprint density at radius 3 is 2.90 bits per heavy atom. The van der Waals surface area contributed by atoms with Crippen LogP contribution in [0.3, 0.4) is 0 Å². The van der Waals surface area contributed by atoms with Crippen molar-refractivity contribution in [3.8, 4) is 5.75 Å². The third-order valence-corrected chi connectivity index (χ3v) is 4.61. The predicted octanol–water partition coefficient (Wildman–Crippen LogP) is 2.06. The van der Waals surface area contributed by atoms with Gasteiger partial charge in [0.05, 0.1) is 12.1 Å². The average molecular weight is 276 g/mol. The van der Waals surface area contributed by atoms with Crippen molar-refractivity contribution in [1.82, 2.24) is 0 Å². The average Bonchev–Trinajstić information content (AvgIpc) is 2.78. The summed E-state index contributed by atoms with van der Waals surface area (Å²) in [6.07, 6.45) is 3.38. The highest BCUT2D eigenvalue weighted by Crippen LogP contribution is 2.36. The molecule has 1 aromatic carbocycles. The Morgan fingerprint density at radius 2 is 2.20 bits per heavy atom. The molecule has 1 aliphatic rings. The van der Waals surface area contributed by atoms with Crippen molar-refractivity contribution >= 4 is 5.91 Å². The number of carbonyl (C=O) groups excluding carboxylic acids is 1. The van der Waals surface area contributed by atoms with Gasteiger partial charge in [0.1, 0.15) is 5.75 Å². The largest absolute Gasteiger partial charge is 0.493 e. The summed E-state index contributed by atoms with van der Waals surface area (Å²) in [4.78, 5) is 11.5. The van der Waals surface area contributed by atoms with Crippen molar-refractivity contribution in [2.45, 2.75) is 45.1 Å². The van der Waals surface area contributed by atoms with E-state index in [4.69, 9.17) is 16.2 Å². The molecule has 4 nitrogen and oxygen atoms in total. The molecule has 1 aliphatic carbocycles. The minimum Gasteiger partial charge on any atom is -0.493 e. The molecular formula is C16H24N2O2. The van der Waals surface area contributed by atoms with Crippen molar-refractivity contribution in [3.63, 3.8) is 0 Å². The molecule has 2 unspecified atom stereocenters. The van der Waals surface area contributed by atoms with Crippen molar-refractivity contribution in [2.24, 2.45) is 17.4 Å². The second-order valence-electron chi connectivity index (χ2n) is 5.83. The number of hydrogen-bond acceptors (Lipinski definition) is 3. The van der Waals surface area contributed by atoms with Gasteiger partial charge >= 0.3 is 0 Å². The Labute approximate surface area is 120 Å². The number of primary amides is 1. The summed E-state index contributed by atoms with van der Waals surface area (Å²) in [7, 11) is 0. The fourth-order valence-corrected chi connectivity index (χ4v) is 3.02. The van der Waals surface area contributed by atoms with Crippen molar-refractivity contribution in [2.75, 3.05) is 6.61 Å². The fourth-order valence-electron chi connectivity index (χ4n) is 3.02. The molecule has 0 aromatic heterocycles. The predicted molar refractivity (Wildman–Crippen MR) is 79.5 cm³/mol. The molecule has 20 heavy (non-hydrogen) atoms. The summed E-state index contributed by atoms with van der Waals surface area (Å²) in [5.41, 5.74) is 13.1. The lowest BCUT2D eigenvalue weighted by atomic mass is 9.85. The summed E-state index contributed by atoms with van der Waals surface area (Å²) in [6.45, 7) is 4.69. The van der Waals surface area contributed by atoms with Crippen LogP contribution in [0.25, 0.3) is 0 Å². The highest BCUT2D eigenvalue weighted by atomic mass is 16.5. The lowest BCUT2D eigenvalue weighted by molar-refractivity contribution is -0.124. The van der Waals surface area contributed by atoms with E-state index >= 15 is 0 Å². The van der Waals surface area contributed by atoms with Crippen LogP contribution >= 0.6 is 0 Å². The molecule has 2 atom stereocenters. The van der Waals surface area contributed by atoms with Gasteiger partial charge in [-0.3, -0.25) is 4.79 Å². The van der Waals surface area contributed by atoms with Gasteiger partial charge in [0.2, 0.25) is 5.91 Å². The van der Waals surface area contributed by atoms with Gasteiger partial charge in [-0.1, -0.05) is 18.6 Å². The fraction of sp³-hybridized carbons (Fsp3) is 0.562. The van der Waals surface area contributed by atoms with Crippen LogP contribution in [-0.4, -0.2) is 18.1 Å². The van der Waals surface area contributed by atoms with E-state index in [2.05, 4.69) is 19.9 Å². The number of aryl methyl sites for hydroxylation is 1. The highest BCUT2D eigenvalue weighted by molar-refractivity contribution is 5.85. The van der Waals surface area contributed by atoms with E-state index in [0.29, 0.717) is 13.0 Å². The summed E-state index contributed by atoms with van der Waals surface area (Å²) in [6, 6.07) is 6.03. The van der Waals surface area contributed by atoms with Gasteiger partial charge in [-0.25, -0.2) is 0 Å². The molecule has 2 rings (SSSR count). The van der Waals surface area contributed by atoms with E-state index < -0.39 is 5.54 Å². The first-order valence-corrected chi connectivity index (χ1v) is 7.23. The topological polar surface area (TPSA) is 78.3 Å². The van der Waals surface area contributed by atoms with Crippen LogP contribution in [0.1, 0.15) is 36.8 Å². The van der Waals surface area contributed by atoms with Gasteiger partial charge in [-0.05, 0) is 56.2 Å². The van der Waals surface area contributed by atoms with Gasteiger partial charge in [0.25, 0.3) is 0 Å². The Kier molecular flexibility index (Phi) is 4.33. The lowest BCUT2D eigenvalue weighted by Crippen LogP contribution is -2.54. The number of hydrogen-bond donors (Lipinski definition) is 2. The van der Waals surface area contributed by atoms with Gasteiger partial charge in [0, 0.05) is 0 Å². The van der Waals surface area contributed by atoms with E-state index in [9.17, 15) is 4.79 Å². The Morgan fingerprint density at radius 1 is 1.45 bits per heavy atom. The van der Waals surface area contributed by atoms with Crippen LogP contribution in [0.15, 0.2) is 18.2 Å². The number of benzene rings is 1. The van der Waals surface area contributed by atoms with Gasteiger partial charge < -0.3 is 16.2 Å². The third-order valence-electron chi connectivity index (χ3n) is 4.61. The molecule has 0 spiro atoms. The Bertz CT molecular complexity index is 501. The molecule has 110 valence electrons. The normalized spacial score (nSPS) is 25.6. The maximum absolute atomic E-state index is 11.5. The van der Waals surface area contributed by atoms with Crippen LogP contribution in [0.4, 0.5) is 0 Å². The van der Waals surface area contributed by atoms with Gasteiger partial charge in [-0.2, -0.15) is 0 Å². The molecule has 0 heterocycles. The first kappa shape index (κ1) is 14.9. The summed E-state index contributed by atoms with van der Waals surface area (Å²) < 4.78 is 5.84. The SMILES string of the molecule is Cc1cccc(OCCC2CCCC2(N)C(N)=O)c1C. The highest BCUT2D eigenvalue weighted by Gasteiger charge is 2.43. The number of carbonyl (C=O) groups is 1. The minimum atomic E-state index is -0.842. The van der Waals surface area contributed by atoms with E-state index in [-0.39, 0.29) is 11.8 Å². The summed E-state index contributed by atoms with van der Waals surface area (Å²) >= 11 is 0. The van der Waals surface area contributed by atoms with E-state index in [1.165, 1.54) is 5.56 Å². The molecule has 1 fully saturated rings. The maximum Gasteiger partial charge on any atom is 0.237 e. The minimum absolute atomic E-state index is 0.130. The van der Waals surface area contributed by atoms with Gasteiger partial charge in [0.15, 0.2) is 0 Å². The van der Waals surface area contributed by atoms with Crippen LogP contribution in [-0.2, 0) is 4.79 Å². The van der Waals surface area contributed by atoms with Crippen molar-refractivity contribution in [3.05, 3.63) is 29.3 Å². The Hall–Kier alpha value is -1.55. The second kappa shape index (κ2) is 5.83. The standard InChI is InChI=1S/C16H24N2O2/c1-11-5-3-7-14(12(11)2)20-10-8-13-6-4-9-16(13,18)15(17)19/h3,5,7,13H,4,6,8-10,18H2,1-2H3,(H2,17,19). The molecular weight excluding hydrogens is 252 g/mol. The molecule has 1 saturated carbocycles. The number of ether oxygens (including phenoxy) is 1. The molecule has 0 aliphatic heterocycles. The summed E-state index contributed by atoms with van der Waals surface area (Å²) in [5, 5.41) is 0. The molecule has 1 aromatic rings. The molecule has 0 bridgehead atoms. The smallest absolute Gasteiger partial charge is 0.237 e. The zero-order chi connectivity index (χ0) is 14.8. The maximum atomic E-state index is 11.5.